The summed E-state index contributed by atoms with van der Waals surface area (Å²) >= 11 is 0. The van der Waals surface area contributed by atoms with E-state index in [9.17, 15) is 9.18 Å². The number of aromatic amines is 2. The third-order valence-corrected chi connectivity index (χ3v) is 6.70. The van der Waals surface area contributed by atoms with E-state index in [-0.39, 0.29) is 17.6 Å². The number of aryl methyl sites for hydroxylation is 1. The van der Waals surface area contributed by atoms with Crippen LogP contribution in [0.5, 0.6) is 0 Å². The number of pyridine rings is 1. The SMILES string of the molecule is Cc1cc(F)cc(-c2cccc3[nH]c(-c4n[nH]c5ccc(-c6cncc(NC(=O)C(C)C)c6)cc45)cc23)c1. The normalized spacial score (nSPS) is 11.5. The van der Waals surface area contributed by atoms with Crippen LogP contribution in [0.4, 0.5) is 10.1 Å². The molecule has 1 amide bonds. The topological polar surface area (TPSA) is 86.5 Å². The van der Waals surface area contributed by atoms with Crippen LogP contribution >= 0.6 is 0 Å². The Morgan fingerprint density at radius 3 is 2.58 bits per heavy atom. The van der Waals surface area contributed by atoms with Crippen molar-refractivity contribution >= 4 is 33.4 Å². The van der Waals surface area contributed by atoms with Gasteiger partial charge < -0.3 is 10.3 Å². The van der Waals surface area contributed by atoms with E-state index in [1.165, 1.54) is 6.07 Å². The molecule has 0 unspecified atom stereocenters. The average molecular weight is 504 g/mol. The number of nitrogens with one attached hydrogen (secondary N) is 3. The predicted molar refractivity (Wildman–Crippen MR) is 150 cm³/mol. The Bertz CT molecular complexity index is 1810. The fourth-order valence-electron chi connectivity index (χ4n) is 4.78. The van der Waals surface area contributed by atoms with Crippen LogP contribution < -0.4 is 5.32 Å². The maximum Gasteiger partial charge on any atom is 0.226 e. The van der Waals surface area contributed by atoms with Gasteiger partial charge in [-0.1, -0.05) is 38.1 Å². The second kappa shape index (κ2) is 9.27. The zero-order valence-corrected chi connectivity index (χ0v) is 21.3. The fourth-order valence-corrected chi connectivity index (χ4v) is 4.78. The Morgan fingerprint density at radius 2 is 1.76 bits per heavy atom. The van der Waals surface area contributed by atoms with Crippen LogP contribution in [0.1, 0.15) is 19.4 Å². The van der Waals surface area contributed by atoms with E-state index >= 15 is 0 Å². The Kier molecular flexibility index (Phi) is 5.76. The van der Waals surface area contributed by atoms with Crippen molar-refractivity contribution in [1.29, 1.82) is 0 Å². The van der Waals surface area contributed by atoms with E-state index in [2.05, 4.69) is 37.6 Å². The number of H-pyrrole nitrogens is 2. The molecular formula is C31H26FN5O. The number of anilines is 1. The highest BCUT2D eigenvalue weighted by atomic mass is 19.1. The summed E-state index contributed by atoms with van der Waals surface area (Å²) in [7, 11) is 0. The van der Waals surface area contributed by atoms with Crippen LogP contribution in [0, 0.1) is 18.7 Å². The third kappa shape index (κ3) is 4.32. The van der Waals surface area contributed by atoms with Crippen molar-refractivity contribution in [3.63, 3.8) is 0 Å². The van der Waals surface area contributed by atoms with Crippen LogP contribution in [0.15, 0.2) is 79.1 Å². The van der Waals surface area contributed by atoms with E-state index in [0.717, 1.165) is 61.0 Å². The first kappa shape index (κ1) is 23.6. The van der Waals surface area contributed by atoms with Crippen molar-refractivity contribution in [2.45, 2.75) is 20.8 Å². The molecule has 0 aliphatic rings. The van der Waals surface area contributed by atoms with E-state index in [0.29, 0.717) is 5.69 Å². The molecule has 0 aliphatic carbocycles. The molecule has 6 nitrogen and oxygen atoms in total. The summed E-state index contributed by atoms with van der Waals surface area (Å²) in [6.07, 6.45) is 3.43. The highest BCUT2D eigenvalue weighted by Gasteiger charge is 2.15. The minimum atomic E-state index is -0.249. The number of nitrogens with zero attached hydrogens (tertiary/aromatic N) is 2. The Hall–Kier alpha value is -4.78. The van der Waals surface area contributed by atoms with Crippen molar-refractivity contribution < 1.29 is 9.18 Å². The summed E-state index contributed by atoms with van der Waals surface area (Å²) in [5.41, 5.74) is 8.68. The molecule has 0 fully saturated rings. The third-order valence-electron chi connectivity index (χ3n) is 6.70. The predicted octanol–water partition coefficient (Wildman–Crippen LogP) is 7.48. The van der Waals surface area contributed by atoms with E-state index in [4.69, 9.17) is 0 Å². The molecule has 0 aliphatic heterocycles. The van der Waals surface area contributed by atoms with Gasteiger partial charge in [-0.25, -0.2) is 4.39 Å². The smallest absolute Gasteiger partial charge is 0.226 e. The van der Waals surface area contributed by atoms with Gasteiger partial charge in [0.1, 0.15) is 11.5 Å². The van der Waals surface area contributed by atoms with Crippen molar-refractivity contribution in [3.05, 3.63) is 90.5 Å². The molecule has 188 valence electrons. The lowest BCUT2D eigenvalue weighted by atomic mass is 9.99. The van der Waals surface area contributed by atoms with Gasteiger partial charge in [0.25, 0.3) is 0 Å². The van der Waals surface area contributed by atoms with Crippen LogP contribution in [-0.2, 0) is 4.79 Å². The molecular weight excluding hydrogens is 477 g/mol. The summed E-state index contributed by atoms with van der Waals surface area (Å²) in [6, 6.07) is 21.1. The minimum Gasteiger partial charge on any atom is -0.353 e. The van der Waals surface area contributed by atoms with Crippen molar-refractivity contribution in [2.75, 3.05) is 5.32 Å². The Labute approximate surface area is 218 Å². The van der Waals surface area contributed by atoms with Gasteiger partial charge in [-0.3, -0.25) is 14.9 Å². The zero-order chi connectivity index (χ0) is 26.4. The lowest BCUT2D eigenvalue weighted by molar-refractivity contribution is -0.118. The standard InChI is InChI=1S/C31H26FN5O/c1-17(2)31(38)34-23-12-21(15-33-16-23)19-7-8-28-26(13-19)30(37-36-28)29-14-25-24(5-4-6-27(25)35-29)20-9-18(3)10-22(32)11-20/h4-17,35H,1-3H3,(H,34,38)(H,36,37). The van der Waals surface area contributed by atoms with Gasteiger partial charge in [-0.2, -0.15) is 5.10 Å². The molecule has 0 atom stereocenters. The van der Waals surface area contributed by atoms with Crippen LogP contribution in [0.2, 0.25) is 0 Å². The van der Waals surface area contributed by atoms with E-state index in [1.54, 1.807) is 18.5 Å². The van der Waals surface area contributed by atoms with Gasteiger partial charge in [0, 0.05) is 34.0 Å². The molecule has 3 heterocycles. The molecule has 0 radical (unpaired) electrons. The van der Waals surface area contributed by atoms with Crippen LogP contribution in [0.25, 0.3) is 55.4 Å². The van der Waals surface area contributed by atoms with Gasteiger partial charge in [-0.15, -0.1) is 0 Å². The number of hydrogen-bond donors (Lipinski definition) is 3. The lowest BCUT2D eigenvalue weighted by Gasteiger charge is -2.09. The van der Waals surface area contributed by atoms with Gasteiger partial charge in [0.15, 0.2) is 0 Å². The maximum absolute atomic E-state index is 14.2. The molecule has 38 heavy (non-hydrogen) atoms. The molecule has 0 spiro atoms. The Morgan fingerprint density at radius 1 is 0.895 bits per heavy atom. The highest BCUT2D eigenvalue weighted by Crippen LogP contribution is 2.36. The fraction of sp³-hybridized carbons (Fsp3) is 0.129. The quantitative estimate of drug-likeness (QED) is 0.228. The molecule has 0 saturated carbocycles. The number of benzene rings is 3. The molecule has 7 heteroatoms. The first-order valence-electron chi connectivity index (χ1n) is 12.5. The number of aromatic nitrogens is 4. The number of carbonyl (C=O) groups is 1. The second-order valence-electron chi connectivity index (χ2n) is 9.91. The number of rotatable bonds is 5. The number of fused-ring (bicyclic) bond motifs is 2. The van der Waals surface area contributed by atoms with Crippen LogP contribution in [0.3, 0.4) is 0 Å². The van der Waals surface area contributed by atoms with Crippen molar-refractivity contribution in [1.82, 2.24) is 20.2 Å². The van der Waals surface area contributed by atoms with Gasteiger partial charge in [-0.05, 0) is 71.6 Å². The van der Waals surface area contributed by atoms with Gasteiger partial charge in [0.2, 0.25) is 5.91 Å². The van der Waals surface area contributed by atoms with E-state index < -0.39 is 0 Å². The number of carbonyl (C=O) groups excluding carboxylic acids is 1. The van der Waals surface area contributed by atoms with E-state index in [1.807, 2.05) is 63.2 Å². The molecule has 0 saturated heterocycles. The molecule has 3 N–H and O–H groups in total. The van der Waals surface area contributed by atoms with Crippen LogP contribution in [-0.4, -0.2) is 26.1 Å². The molecule has 0 bridgehead atoms. The average Bonchev–Trinajstić information content (AvgIpc) is 3.51. The lowest BCUT2D eigenvalue weighted by Crippen LogP contribution is -2.17. The first-order valence-corrected chi connectivity index (χ1v) is 12.5. The summed E-state index contributed by atoms with van der Waals surface area (Å²) < 4.78 is 14.2. The van der Waals surface area contributed by atoms with Gasteiger partial charge >= 0.3 is 0 Å². The molecule has 6 rings (SSSR count). The summed E-state index contributed by atoms with van der Waals surface area (Å²) in [5.74, 6) is -0.422. The highest BCUT2D eigenvalue weighted by molar-refractivity contribution is 6.02. The monoisotopic (exact) mass is 503 g/mol. The molecule has 3 aromatic heterocycles. The first-order chi connectivity index (χ1) is 18.4. The summed E-state index contributed by atoms with van der Waals surface area (Å²) in [4.78, 5) is 20.0. The minimum absolute atomic E-state index is 0.0527. The van der Waals surface area contributed by atoms with Gasteiger partial charge in [0.05, 0.1) is 23.1 Å². The van der Waals surface area contributed by atoms with Crippen molar-refractivity contribution in [2.24, 2.45) is 5.92 Å². The number of amides is 1. The largest absolute Gasteiger partial charge is 0.353 e. The zero-order valence-electron chi connectivity index (χ0n) is 21.3. The second-order valence-corrected chi connectivity index (χ2v) is 9.91. The van der Waals surface area contributed by atoms with Crippen molar-refractivity contribution in [3.8, 4) is 33.6 Å². The molecule has 6 aromatic rings. The number of halogens is 1. The molecule has 3 aromatic carbocycles. The summed E-state index contributed by atoms with van der Waals surface area (Å²) in [5, 5.41) is 12.6. The summed E-state index contributed by atoms with van der Waals surface area (Å²) in [6.45, 7) is 5.60. The number of hydrogen-bond acceptors (Lipinski definition) is 3. The maximum atomic E-state index is 14.2. The Balaban J connectivity index is 1.42.